The van der Waals surface area contributed by atoms with E-state index in [2.05, 4.69) is 10.2 Å². The van der Waals surface area contributed by atoms with Crippen LogP contribution in [-0.2, 0) is 7.05 Å². The first-order valence-electron chi connectivity index (χ1n) is 5.66. The minimum Gasteiger partial charge on any atom is -0.305 e. The molecular formula is C12H11F2N3S. The van der Waals surface area contributed by atoms with Gasteiger partial charge in [0.2, 0.25) is 0 Å². The molecule has 0 N–H and O–H groups in total. The van der Waals surface area contributed by atoms with Gasteiger partial charge in [0.05, 0.1) is 0 Å². The van der Waals surface area contributed by atoms with Gasteiger partial charge in [0.25, 0.3) is 0 Å². The van der Waals surface area contributed by atoms with Gasteiger partial charge in [-0.3, -0.25) is 0 Å². The van der Waals surface area contributed by atoms with Crippen LogP contribution in [0, 0.1) is 11.6 Å². The van der Waals surface area contributed by atoms with Crippen LogP contribution in [-0.4, -0.2) is 20.0 Å². The maximum atomic E-state index is 13.2. The Bertz CT molecular complexity index is 593. The third kappa shape index (κ3) is 2.12. The summed E-state index contributed by atoms with van der Waals surface area (Å²) in [5.74, 6) is -1.17. The average molecular weight is 267 g/mol. The average Bonchev–Trinajstić information content (AvgIpc) is 3.09. The van der Waals surface area contributed by atoms with Crippen LogP contribution in [0.2, 0.25) is 0 Å². The molecule has 0 atom stereocenters. The molecule has 1 aromatic carbocycles. The predicted molar refractivity (Wildman–Crippen MR) is 65.2 cm³/mol. The van der Waals surface area contributed by atoms with Gasteiger partial charge < -0.3 is 4.57 Å². The Labute approximate surface area is 107 Å². The van der Waals surface area contributed by atoms with Gasteiger partial charge in [-0.25, -0.2) is 8.78 Å². The van der Waals surface area contributed by atoms with E-state index in [-0.39, 0.29) is 0 Å². The topological polar surface area (TPSA) is 30.7 Å². The second kappa shape index (κ2) is 4.35. The van der Waals surface area contributed by atoms with Crippen molar-refractivity contribution in [2.75, 3.05) is 0 Å². The summed E-state index contributed by atoms with van der Waals surface area (Å²) < 4.78 is 27.9. The summed E-state index contributed by atoms with van der Waals surface area (Å²) in [4.78, 5) is 0. The van der Waals surface area contributed by atoms with Crippen molar-refractivity contribution in [2.45, 2.75) is 23.2 Å². The molecule has 1 aliphatic carbocycles. The van der Waals surface area contributed by atoms with E-state index >= 15 is 0 Å². The highest BCUT2D eigenvalue weighted by molar-refractivity contribution is 8.00. The first-order valence-corrected chi connectivity index (χ1v) is 6.54. The molecule has 3 rings (SSSR count). The summed E-state index contributed by atoms with van der Waals surface area (Å²) in [5.41, 5.74) is 0.534. The lowest BCUT2D eigenvalue weighted by atomic mass is 10.2. The van der Waals surface area contributed by atoms with E-state index in [4.69, 9.17) is 0 Å². The quantitative estimate of drug-likeness (QED) is 0.856. The maximum absolute atomic E-state index is 13.2. The van der Waals surface area contributed by atoms with Crippen LogP contribution in [0.25, 0.3) is 11.4 Å². The molecular weight excluding hydrogens is 256 g/mol. The normalized spacial score (nSPS) is 15.1. The summed E-state index contributed by atoms with van der Waals surface area (Å²) in [5, 5.41) is 9.57. The highest BCUT2D eigenvalue weighted by Crippen LogP contribution is 2.38. The van der Waals surface area contributed by atoms with E-state index in [1.807, 2.05) is 11.6 Å². The Morgan fingerprint density at radius 2 is 2.00 bits per heavy atom. The number of aromatic nitrogens is 3. The zero-order valence-electron chi connectivity index (χ0n) is 9.73. The molecule has 94 valence electrons. The Morgan fingerprint density at radius 3 is 2.67 bits per heavy atom. The lowest BCUT2D eigenvalue weighted by molar-refractivity contribution is 0.509. The van der Waals surface area contributed by atoms with E-state index in [1.165, 1.54) is 18.9 Å². The molecule has 0 aliphatic heterocycles. The second-order valence-corrected chi connectivity index (χ2v) is 5.58. The molecule has 0 saturated heterocycles. The smallest absolute Gasteiger partial charge is 0.191 e. The van der Waals surface area contributed by atoms with Gasteiger partial charge in [0.1, 0.15) is 0 Å². The van der Waals surface area contributed by atoms with Gasteiger partial charge in [-0.1, -0.05) is 11.8 Å². The Balaban J connectivity index is 1.95. The van der Waals surface area contributed by atoms with Crippen LogP contribution in [0.15, 0.2) is 23.4 Å². The van der Waals surface area contributed by atoms with E-state index in [9.17, 15) is 8.78 Å². The lowest BCUT2D eigenvalue weighted by Crippen LogP contribution is -1.96. The van der Waals surface area contributed by atoms with Crippen LogP contribution in [0.4, 0.5) is 8.78 Å². The minimum atomic E-state index is -0.869. The number of rotatable bonds is 3. The largest absolute Gasteiger partial charge is 0.305 e. The first-order chi connectivity index (χ1) is 8.65. The molecule has 3 nitrogen and oxygen atoms in total. The number of nitrogens with zero attached hydrogens (tertiary/aromatic N) is 3. The van der Waals surface area contributed by atoms with Crippen molar-refractivity contribution in [2.24, 2.45) is 7.05 Å². The summed E-state index contributed by atoms with van der Waals surface area (Å²) in [6, 6.07) is 3.76. The summed E-state index contributed by atoms with van der Waals surface area (Å²) >= 11 is 1.68. The van der Waals surface area contributed by atoms with Crippen LogP contribution < -0.4 is 0 Å². The van der Waals surface area contributed by atoms with Gasteiger partial charge in [0, 0.05) is 17.9 Å². The number of hydrogen-bond acceptors (Lipinski definition) is 3. The molecule has 2 aromatic rings. The fourth-order valence-electron chi connectivity index (χ4n) is 1.64. The highest BCUT2D eigenvalue weighted by Gasteiger charge is 2.25. The fourth-order valence-corrected chi connectivity index (χ4v) is 2.64. The monoisotopic (exact) mass is 267 g/mol. The fraction of sp³-hybridized carbons (Fsp3) is 0.333. The van der Waals surface area contributed by atoms with Crippen LogP contribution in [0.1, 0.15) is 12.8 Å². The zero-order valence-corrected chi connectivity index (χ0v) is 10.5. The molecule has 6 heteroatoms. The number of hydrogen-bond donors (Lipinski definition) is 0. The SMILES string of the molecule is Cn1c(SC2CC2)nnc1-c1ccc(F)c(F)c1. The number of thioether (sulfide) groups is 1. The zero-order chi connectivity index (χ0) is 12.7. The molecule has 1 saturated carbocycles. The van der Waals surface area contributed by atoms with Gasteiger partial charge in [0.15, 0.2) is 22.6 Å². The van der Waals surface area contributed by atoms with Gasteiger partial charge in [-0.15, -0.1) is 10.2 Å². The molecule has 1 heterocycles. The standard InChI is InChI=1S/C12H11F2N3S/c1-17-11(7-2-5-9(13)10(14)6-7)15-16-12(17)18-8-3-4-8/h2,5-6,8H,3-4H2,1H3. The molecule has 0 radical (unpaired) electrons. The van der Waals surface area contributed by atoms with Crippen LogP contribution in [0.3, 0.4) is 0 Å². The summed E-state index contributed by atoms with van der Waals surface area (Å²) in [6.07, 6.45) is 2.41. The summed E-state index contributed by atoms with van der Waals surface area (Å²) in [6.45, 7) is 0. The van der Waals surface area contributed by atoms with Gasteiger partial charge in [-0.05, 0) is 31.0 Å². The highest BCUT2D eigenvalue weighted by atomic mass is 32.2. The van der Waals surface area contributed by atoms with Crippen molar-refractivity contribution in [3.05, 3.63) is 29.8 Å². The van der Waals surface area contributed by atoms with Crippen molar-refractivity contribution in [3.8, 4) is 11.4 Å². The van der Waals surface area contributed by atoms with Crippen LogP contribution >= 0.6 is 11.8 Å². The van der Waals surface area contributed by atoms with E-state index < -0.39 is 11.6 Å². The second-order valence-electron chi connectivity index (χ2n) is 4.31. The molecule has 1 fully saturated rings. The van der Waals surface area contributed by atoms with Gasteiger partial charge in [-0.2, -0.15) is 0 Å². The molecule has 0 spiro atoms. The molecule has 18 heavy (non-hydrogen) atoms. The van der Waals surface area contributed by atoms with Crippen molar-refractivity contribution in [1.82, 2.24) is 14.8 Å². The summed E-state index contributed by atoms with van der Waals surface area (Å²) in [7, 11) is 1.83. The lowest BCUT2D eigenvalue weighted by Gasteiger charge is -2.03. The molecule has 0 amide bonds. The number of benzene rings is 1. The molecule has 0 unspecified atom stereocenters. The first kappa shape index (κ1) is 11.6. The van der Waals surface area contributed by atoms with Crippen molar-refractivity contribution in [1.29, 1.82) is 0 Å². The molecule has 0 bridgehead atoms. The predicted octanol–water partition coefficient (Wildman–Crippen LogP) is 3.01. The Hall–Kier alpha value is -1.43. The van der Waals surface area contributed by atoms with Crippen molar-refractivity contribution in [3.63, 3.8) is 0 Å². The minimum absolute atomic E-state index is 0.534. The number of halogens is 2. The Morgan fingerprint density at radius 1 is 1.22 bits per heavy atom. The maximum Gasteiger partial charge on any atom is 0.191 e. The van der Waals surface area contributed by atoms with E-state index in [0.717, 1.165) is 17.3 Å². The molecule has 1 aliphatic rings. The third-order valence-corrected chi connectivity index (χ3v) is 4.18. The third-order valence-electron chi connectivity index (χ3n) is 2.81. The van der Waals surface area contributed by atoms with Crippen molar-refractivity contribution >= 4 is 11.8 Å². The molecule has 1 aromatic heterocycles. The Kier molecular flexibility index (Phi) is 2.81. The van der Waals surface area contributed by atoms with E-state index in [0.29, 0.717) is 16.6 Å². The van der Waals surface area contributed by atoms with Gasteiger partial charge >= 0.3 is 0 Å². The van der Waals surface area contributed by atoms with Crippen molar-refractivity contribution < 1.29 is 8.78 Å². The van der Waals surface area contributed by atoms with E-state index in [1.54, 1.807) is 11.8 Å². The van der Waals surface area contributed by atoms with Crippen LogP contribution in [0.5, 0.6) is 0 Å².